The second kappa shape index (κ2) is 14.7. The first-order valence-corrected chi connectivity index (χ1v) is 15.7. The molecule has 1 atom stereocenters. The second-order valence-electron chi connectivity index (χ2n) is 10.3. The average molecular weight is 618 g/mol. The largest absolute Gasteiger partial charge is 0.497 e. The van der Waals surface area contributed by atoms with Crippen LogP contribution in [-0.4, -0.2) is 51.4 Å². The first kappa shape index (κ1) is 32.2. The molecule has 4 aromatic rings. The van der Waals surface area contributed by atoms with Crippen molar-refractivity contribution < 1.29 is 27.1 Å². The van der Waals surface area contributed by atoms with Gasteiger partial charge in [-0.2, -0.15) is 0 Å². The van der Waals surface area contributed by atoms with Crippen molar-refractivity contribution in [2.75, 3.05) is 24.5 Å². The minimum atomic E-state index is -4.31. The summed E-state index contributed by atoms with van der Waals surface area (Å²) in [6, 6.07) is 26.6. The van der Waals surface area contributed by atoms with Crippen LogP contribution in [0.5, 0.6) is 5.75 Å². The third kappa shape index (κ3) is 8.02. The standard InChI is InChI=1S/C34H36FN3O5S/c1-4-36-34(40)32(22-26-10-6-5-7-11-26)37(23-27-12-8-9-25(2)21-27)33(39)24-38(29-15-13-28(35)14-16-29)44(41,42)31-19-17-30(43-3)18-20-31/h5-21,32H,4,22-24H2,1-3H3,(H,36,40). The van der Waals surface area contributed by atoms with E-state index in [1.807, 2.05) is 61.5 Å². The van der Waals surface area contributed by atoms with E-state index in [2.05, 4.69) is 5.32 Å². The number of methoxy groups -OCH3 is 1. The lowest BCUT2D eigenvalue weighted by atomic mass is 10.0. The highest BCUT2D eigenvalue weighted by Crippen LogP contribution is 2.26. The van der Waals surface area contributed by atoms with E-state index in [9.17, 15) is 22.4 Å². The molecule has 0 aliphatic heterocycles. The van der Waals surface area contributed by atoms with Gasteiger partial charge in [0.1, 0.15) is 24.2 Å². The molecule has 8 nitrogen and oxygen atoms in total. The zero-order chi connectivity index (χ0) is 31.7. The van der Waals surface area contributed by atoms with Crippen molar-refractivity contribution in [3.63, 3.8) is 0 Å². The molecule has 0 radical (unpaired) electrons. The zero-order valence-electron chi connectivity index (χ0n) is 24.9. The molecule has 1 N–H and O–H groups in total. The molecule has 0 bridgehead atoms. The molecule has 0 saturated carbocycles. The summed E-state index contributed by atoms with van der Waals surface area (Å²) in [7, 11) is -2.84. The highest BCUT2D eigenvalue weighted by Gasteiger charge is 2.34. The van der Waals surface area contributed by atoms with Gasteiger partial charge in [-0.3, -0.25) is 13.9 Å². The normalized spacial score (nSPS) is 11.8. The van der Waals surface area contributed by atoms with Gasteiger partial charge in [0.25, 0.3) is 10.0 Å². The first-order valence-electron chi connectivity index (χ1n) is 14.2. The Labute approximate surface area is 258 Å². The molecule has 10 heteroatoms. The number of amides is 2. The van der Waals surface area contributed by atoms with Crippen LogP contribution in [0.2, 0.25) is 0 Å². The van der Waals surface area contributed by atoms with Gasteiger partial charge < -0.3 is 15.0 Å². The molecule has 0 fully saturated rings. The quantitative estimate of drug-likeness (QED) is 0.225. The summed E-state index contributed by atoms with van der Waals surface area (Å²) in [4.78, 5) is 29.2. The van der Waals surface area contributed by atoms with Crippen LogP contribution in [0.25, 0.3) is 0 Å². The maximum Gasteiger partial charge on any atom is 0.264 e. The van der Waals surface area contributed by atoms with Crippen molar-refractivity contribution in [3.05, 3.63) is 126 Å². The number of hydrogen-bond donors (Lipinski definition) is 1. The molecule has 0 heterocycles. The number of nitrogens with one attached hydrogen (secondary N) is 1. The molecule has 2 amide bonds. The number of sulfonamides is 1. The van der Waals surface area contributed by atoms with E-state index < -0.39 is 34.3 Å². The predicted molar refractivity (Wildman–Crippen MR) is 168 cm³/mol. The van der Waals surface area contributed by atoms with Gasteiger partial charge in [0.05, 0.1) is 17.7 Å². The topological polar surface area (TPSA) is 96.0 Å². The summed E-state index contributed by atoms with van der Waals surface area (Å²) in [5.41, 5.74) is 2.70. The molecular formula is C34H36FN3O5S. The van der Waals surface area contributed by atoms with Crippen LogP contribution in [0, 0.1) is 12.7 Å². The van der Waals surface area contributed by atoms with E-state index in [4.69, 9.17) is 4.74 Å². The summed E-state index contributed by atoms with van der Waals surface area (Å²) >= 11 is 0. The average Bonchev–Trinajstić information content (AvgIpc) is 3.02. The first-order chi connectivity index (χ1) is 21.1. The third-order valence-electron chi connectivity index (χ3n) is 7.10. The van der Waals surface area contributed by atoms with Crippen LogP contribution in [0.15, 0.2) is 108 Å². The van der Waals surface area contributed by atoms with Gasteiger partial charge in [-0.1, -0.05) is 60.2 Å². The Bertz CT molecular complexity index is 1660. The van der Waals surface area contributed by atoms with Crippen LogP contribution in [0.3, 0.4) is 0 Å². The summed E-state index contributed by atoms with van der Waals surface area (Å²) < 4.78 is 48.0. The molecule has 0 spiro atoms. The summed E-state index contributed by atoms with van der Waals surface area (Å²) in [5.74, 6) is -1.05. The van der Waals surface area contributed by atoms with Crippen LogP contribution in [-0.2, 0) is 32.6 Å². The van der Waals surface area contributed by atoms with Gasteiger partial charge in [0.15, 0.2) is 0 Å². The Hall–Kier alpha value is -4.70. The zero-order valence-corrected chi connectivity index (χ0v) is 25.8. The number of benzene rings is 4. The fraction of sp³-hybridized carbons (Fsp3) is 0.235. The molecule has 0 aromatic heterocycles. The molecular weight excluding hydrogens is 581 g/mol. The third-order valence-corrected chi connectivity index (χ3v) is 8.89. The second-order valence-corrected chi connectivity index (χ2v) is 12.1. The Morgan fingerprint density at radius 2 is 1.55 bits per heavy atom. The number of carbonyl (C=O) groups is 2. The number of carbonyl (C=O) groups excluding carboxylic acids is 2. The number of nitrogens with zero attached hydrogens (tertiary/aromatic N) is 2. The number of likely N-dealkylation sites (N-methyl/N-ethyl adjacent to an activating group) is 1. The molecule has 44 heavy (non-hydrogen) atoms. The molecule has 0 saturated heterocycles. The van der Waals surface area contributed by atoms with Crippen LogP contribution in [0.4, 0.5) is 10.1 Å². The number of rotatable bonds is 13. The summed E-state index contributed by atoms with van der Waals surface area (Å²) in [6.07, 6.45) is 0.214. The SMILES string of the molecule is CCNC(=O)C(Cc1ccccc1)N(Cc1cccc(C)c1)C(=O)CN(c1ccc(F)cc1)S(=O)(=O)c1ccc(OC)cc1. The maximum atomic E-state index is 14.3. The van der Waals surface area contributed by atoms with Gasteiger partial charge in [-0.05, 0) is 73.5 Å². The Morgan fingerprint density at radius 1 is 0.886 bits per heavy atom. The van der Waals surface area contributed by atoms with Crippen LogP contribution < -0.4 is 14.4 Å². The fourth-order valence-corrected chi connectivity index (χ4v) is 6.28. The Balaban J connectivity index is 1.79. The molecule has 0 aliphatic carbocycles. The molecule has 0 aliphatic rings. The van der Waals surface area contributed by atoms with Crippen molar-refractivity contribution in [1.29, 1.82) is 0 Å². The van der Waals surface area contributed by atoms with Crippen molar-refractivity contribution >= 4 is 27.5 Å². The van der Waals surface area contributed by atoms with Gasteiger partial charge in [0, 0.05) is 19.5 Å². The minimum absolute atomic E-state index is 0.0645. The number of ether oxygens (including phenoxy) is 1. The van der Waals surface area contributed by atoms with E-state index in [0.29, 0.717) is 12.3 Å². The van der Waals surface area contributed by atoms with Gasteiger partial charge in [-0.25, -0.2) is 12.8 Å². The molecule has 230 valence electrons. The van der Waals surface area contributed by atoms with Gasteiger partial charge in [-0.15, -0.1) is 0 Å². The van der Waals surface area contributed by atoms with E-state index in [1.54, 1.807) is 6.92 Å². The van der Waals surface area contributed by atoms with Crippen LogP contribution >= 0.6 is 0 Å². The minimum Gasteiger partial charge on any atom is -0.497 e. The smallest absolute Gasteiger partial charge is 0.264 e. The van der Waals surface area contributed by atoms with Crippen molar-refractivity contribution in [1.82, 2.24) is 10.2 Å². The number of halogens is 1. The van der Waals surface area contributed by atoms with Gasteiger partial charge in [0.2, 0.25) is 11.8 Å². The maximum absolute atomic E-state index is 14.3. The van der Waals surface area contributed by atoms with E-state index >= 15 is 0 Å². The lowest BCUT2D eigenvalue weighted by Crippen LogP contribution is -2.53. The number of anilines is 1. The van der Waals surface area contributed by atoms with Crippen molar-refractivity contribution in [2.45, 2.75) is 37.8 Å². The highest BCUT2D eigenvalue weighted by atomic mass is 32.2. The van der Waals surface area contributed by atoms with E-state index in [1.165, 1.54) is 48.4 Å². The van der Waals surface area contributed by atoms with Crippen molar-refractivity contribution in [3.8, 4) is 5.75 Å². The molecule has 4 rings (SSSR count). The van der Waals surface area contributed by atoms with Gasteiger partial charge >= 0.3 is 0 Å². The lowest BCUT2D eigenvalue weighted by Gasteiger charge is -2.34. The number of aryl methyl sites for hydroxylation is 1. The summed E-state index contributed by atoms with van der Waals surface area (Å²) in [6.45, 7) is 3.51. The highest BCUT2D eigenvalue weighted by molar-refractivity contribution is 7.92. The molecule has 1 unspecified atom stereocenters. The lowest BCUT2D eigenvalue weighted by molar-refractivity contribution is -0.140. The summed E-state index contributed by atoms with van der Waals surface area (Å²) in [5, 5.41) is 2.84. The fourth-order valence-electron chi connectivity index (χ4n) is 4.86. The van der Waals surface area contributed by atoms with E-state index in [-0.39, 0.29) is 29.5 Å². The Morgan fingerprint density at radius 3 is 2.16 bits per heavy atom. The van der Waals surface area contributed by atoms with E-state index in [0.717, 1.165) is 33.1 Å². The number of hydrogen-bond acceptors (Lipinski definition) is 5. The predicted octanol–water partition coefficient (Wildman–Crippen LogP) is 5.11. The Kier molecular flexibility index (Phi) is 10.7. The monoisotopic (exact) mass is 617 g/mol. The van der Waals surface area contributed by atoms with Crippen molar-refractivity contribution in [2.24, 2.45) is 0 Å². The molecule has 4 aromatic carbocycles. The van der Waals surface area contributed by atoms with Crippen LogP contribution in [0.1, 0.15) is 23.6 Å².